The number of alkyl halides is 1. The number of methoxy groups -OCH3 is 2. The average molecular weight is 1170 g/mol. The Hall–Kier alpha value is -6.11. The van der Waals surface area contributed by atoms with Gasteiger partial charge in [-0.15, -0.1) is 11.6 Å². The highest BCUT2D eigenvalue weighted by molar-refractivity contribution is 7.86. The number of hydrogen-bond acceptors (Lipinski definition) is 16. The fourth-order valence-electron chi connectivity index (χ4n) is 15.9. The number of piperidine rings is 1. The van der Waals surface area contributed by atoms with Crippen LogP contribution in [0.5, 0.6) is 5.75 Å². The van der Waals surface area contributed by atoms with Crippen molar-refractivity contribution < 1.29 is 69.2 Å². The predicted octanol–water partition coefficient (Wildman–Crippen LogP) is 6.38. The molecule has 12 rings (SSSR count). The fourth-order valence-corrected chi connectivity index (χ4v) is 17.5. The zero-order valence-electron chi connectivity index (χ0n) is 45.8. The number of carbonyl (C=O) groups excluding carboxylic acids is 4. The largest absolute Gasteiger partial charge is 0.496 e. The number of rotatable bonds is 10. The average Bonchev–Trinajstić information content (AvgIpc) is 2.93. The van der Waals surface area contributed by atoms with Gasteiger partial charge in [-0.05, 0) is 86.4 Å². The third kappa shape index (κ3) is 8.35. The molecule has 81 heavy (non-hydrogen) atoms. The molecular weight excluding hydrogens is 1110 g/mol. The Bertz CT molecular complexity index is 3640. The van der Waals surface area contributed by atoms with E-state index in [1.807, 2.05) is 50.1 Å². The number of hydrogen-bond donors (Lipinski definition) is 4. The minimum atomic E-state index is -4.47. The maximum absolute atomic E-state index is 15.5. The number of esters is 2. The molecule has 1 unspecified atom stereocenters. The Labute approximate surface area is 474 Å². The molecule has 1 aliphatic carbocycles. The molecule has 20 nitrogen and oxygen atoms in total. The second-order valence-corrected chi connectivity index (χ2v) is 25.9. The highest BCUT2D eigenvalue weighted by Crippen LogP contribution is 2.69. The van der Waals surface area contributed by atoms with Crippen LogP contribution >= 0.6 is 11.6 Å². The molecule has 4 fully saturated rings. The van der Waals surface area contributed by atoms with E-state index >= 15 is 9.59 Å². The number of aromatic amines is 1. The van der Waals surface area contributed by atoms with E-state index in [1.165, 1.54) is 38.3 Å². The zero-order valence-corrected chi connectivity index (χ0v) is 48.2. The highest BCUT2D eigenvalue weighted by Gasteiger charge is 2.84. The van der Waals surface area contributed by atoms with Crippen LogP contribution in [0.25, 0.3) is 21.7 Å². The van der Waals surface area contributed by atoms with Crippen LogP contribution in [0.1, 0.15) is 75.3 Å². The van der Waals surface area contributed by atoms with E-state index in [-0.39, 0.29) is 35.2 Å². The number of carbonyl (C=O) groups is 4. The third-order valence-electron chi connectivity index (χ3n) is 18.8. The zero-order chi connectivity index (χ0) is 58.0. The molecule has 0 radical (unpaired) electrons. The van der Waals surface area contributed by atoms with Crippen LogP contribution < -0.4 is 9.64 Å². The first kappa shape index (κ1) is 56.7. The lowest BCUT2D eigenvalue weighted by atomic mass is 9.47. The molecule has 432 valence electrons. The first-order chi connectivity index (χ1) is 38.4. The van der Waals surface area contributed by atoms with E-state index in [0.29, 0.717) is 82.6 Å². The van der Waals surface area contributed by atoms with Gasteiger partial charge >= 0.3 is 18.0 Å². The van der Waals surface area contributed by atoms with Crippen molar-refractivity contribution in [2.45, 2.75) is 109 Å². The summed E-state index contributed by atoms with van der Waals surface area (Å²) in [4.78, 5) is 69.0. The van der Waals surface area contributed by atoms with E-state index in [2.05, 4.69) is 39.1 Å². The molecule has 10 atom stereocenters. The van der Waals surface area contributed by atoms with Crippen molar-refractivity contribution in [2.24, 2.45) is 11.3 Å². The molecule has 7 heterocycles. The number of H-pyrrole nitrogens is 1. The van der Waals surface area contributed by atoms with Gasteiger partial charge in [0.2, 0.25) is 0 Å². The summed E-state index contributed by atoms with van der Waals surface area (Å²) in [5, 5.41) is 13.1. The lowest BCUT2D eigenvalue weighted by Crippen LogP contribution is -2.81. The van der Waals surface area contributed by atoms with Gasteiger partial charge in [-0.3, -0.25) is 33.3 Å². The predicted molar refractivity (Wildman–Crippen MR) is 299 cm³/mol. The summed E-state index contributed by atoms with van der Waals surface area (Å²) in [6, 6.07) is 18.6. The van der Waals surface area contributed by atoms with E-state index in [9.17, 15) is 31.5 Å². The molecule has 2 amide bonds. The standard InChI is InChI=1S/C48H58ClN5O9.C10H8O6S2/c1-7-44(59)24-29-25-47(42(57)61-6,37-31(14-19-52(26-29)27-44)30-12-9-10-13-34(30)50-37)33-22-32-35(23-36(33)60-5)51(4)39-46(32)16-20-53-18-11-15-45(8-2,38(46)53)40(62-28(3)55)48(39)41(56)54(21-17-49)43(58)63-48;11-17(12,13)9-5-1-3-7-8(9)4-2-6-10(7)18(14,15)16/h9-13,15,22-23,29,38-40,50,59H,7-8,14,16-21,24-27H2,1-6H3;1-6H,(H,11,12,13)(H,14,15,16)/t29-,38-,39+,40+,44-,45+,46+,47-,48-;/m0./s1. The molecule has 1 aromatic heterocycles. The number of likely N-dealkylation sites (N-methyl/N-ethyl adjacent to an activating group) is 1. The monoisotopic (exact) mass is 1170 g/mol. The van der Waals surface area contributed by atoms with Crippen LogP contribution in [0.2, 0.25) is 0 Å². The van der Waals surface area contributed by atoms with Crippen molar-refractivity contribution in [2.75, 3.05) is 71.3 Å². The molecule has 2 bridgehead atoms. The van der Waals surface area contributed by atoms with Crippen LogP contribution in [0.4, 0.5) is 10.5 Å². The summed E-state index contributed by atoms with van der Waals surface area (Å²) in [6.45, 7) is 8.54. The molecule has 7 aliphatic rings. The van der Waals surface area contributed by atoms with E-state index in [0.717, 1.165) is 50.4 Å². The molecule has 1 saturated carbocycles. The molecule has 23 heteroatoms. The Kier molecular flexibility index (Phi) is 14.1. The minimum absolute atomic E-state index is 0.00340. The number of halogens is 1. The Morgan fingerprint density at radius 1 is 0.877 bits per heavy atom. The van der Waals surface area contributed by atoms with Crippen LogP contribution in [0, 0.1) is 11.3 Å². The number of ether oxygens (including phenoxy) is 4. The third-order valence-corrected chi connectivity index (χ3v) is 20.8. The molecule has 2 spiro atoms. The SMILES string of the molecule is CC[C@]1(O)C[C@@H]2CN(CCc3c([nH]c4ccccc34)[C@@](C(=O)OC)(c3cc4c(cc3OC)N(C)[C@H]3[C@]5(OC(=O)N(CCCl)C5=O)[C@H](OC(C)=O)[C@]5(CC)C=CCN6CC[C@]43[C@@H]65)C2)C1.O=S(=O)(O)c1cccc2c(S(=O)(=O)O)cccc12. The van der Waals surface area contributed by atoms with Crippen molar-refractivity contribution >= 4 is 83.1 Å². The van der Waals surface area contributed by atoms with E-state index in [4.69, 9.17) is 39.7 Å². The summed E-state index contributed by atoms with van der Waals surface area (Å²) < 4.78 is 88.1. The van der Waals surface area contributed by atoms with Gasteiger partial charge in [0.25, 0.3) is 31.7 Å². The molecule has 4 aromatic carbocycles. The van der Waals surface area contributed by atoms with E-state index in [1.54, 1.807) is 7.11 Å². The van der Waals surface area contributed by atoms with Gasteiger partial charge in [-0.25, -0.2) is 9.69 Å². The van der Waals surface area contributed by atoms with Gasteiger partial charge in [0.1, 0.15) is 21.0 Å². The van der Waals surface area contributed by atoms with Crippen LogP contribution in [0.3, 0.4) is 0 Å². The summed E-state index contributed by atoms with van der Waals surface area (Å²) in [5.74, 6) is -1.29. The Balaban J connectivity index is 0.000000326. The van der Waals surface area contributed by atoms with Crippen LogP contribution in [-0.2, 0) is 66.1 Å². The van der Waals surface area contributed by atoms with Crippen molar-refractivity contribution in [1.29, 1.82) is 0 Å². The Morgan fingerprint density at radius 2 is 1.56 bits per heavy atom. The number of benzene rings is 4. The van der Waals surface area contributed by atoms with Crippen molar-refractivity contribution in [3.8, 4) is 5.75 Å². The van der Waals surface area contributed by atoms with Gasteiger partial charge in [-0.1, -0.05) is 68.5 Å². The lowest BCUT2D eigenvalue weighted by molar-refractivity contribution is -0.210. The van der Waals surface area contributed by atoms with E-state index < -0.39 is 93.6 Å². The number of amides is 2. The first-order valence-corrected chi connectivity index (χ1v) is 30.6. The quantitative estimate of drug-likeness (QED) is 0.0389. The second kappa shape index (κ2) is 20.1. The Morgan fingerprint density at radius 3 is 2.17 bits per heavy atom. The number of anilines is 1. The molecular formula is C58H66ClN5O15S2. The number of imide groups is 1. The number of fused-ring (bicyclic) bond motifs is 8. The maximum atomic E-state index is 15.5. The topological polar surface area (TPSA) is 263 Å². The van der Waals surface area contributed by atoms with Crippen LogP contribution in [0.15, 0.2) is 94.7 Å². The smallest absolute Gasteiger partial charge is 0.417 e. The molecule has 5 aromatic rings. The van der Waals surface area contributed by atoms with Gasteiger partial charge in [-0.2, -0.15) is 16.8 Å². The first-order valence-electron chi connectivity index (χ1n) is 27.2. The van der Waals surface area contributed by atoms with Crippen LogP contribution in [-0.4, -0.2) is 170 Å². The lowest BCUT2D eigenvalue weighted by Gasteiger charge is -2.63. The van der Waals surface area contributed by atoms with Gasteiger partial charge in [0.15, 0.2) is 6.10 Å². The van der Waals surface area contributed by atoms with Gasteiger partial charge in [0, 0.05) is 114 Å². The molecule has 6 aliphatic heterocycles. The highest BCUT2D eigenvalue weighted by atomic mass is 35.5. The number of aliphatic hydroxyl groups is 1. The number of nitrogens with zero attached hydrogens (tertiary/aromatic N) is 4. The van der Waals surface area contributed by atoms with Crippen molar-refractivity contribution in [3.63, 3.8) is 0 Å². The molecule has 3 saturated heterocycles. The second-order valence-electron chi connectivity index (χ2n) is 22.8. The van der Waals surface area contributed by atoms with Crippen molar-refractivity contribution in [3.05, 3.63) is 107 Å². The van der Waals surface area contributed by atoms with Gasteiger partial charge < -0.3 is 33.9 Å². The minimum Gasteiger partial charge on any atom is -0.496 e. The molecule has 4 N–H and O–H groups in total. The summed E-state index contributed by atoms with van der Waals surface area (Å²) in [6.07, 6.45) is 5.22. The summed E-state index contributed by atoms with van der Waals surface area (Å²) in [7, 11) is -3.99. The number of nitrogens with one attached hydrogen (secondary N) is 1. The van der Waals surface area contributed by atoms with Crippen molar-refractivity contribution in [1.82, 2.24) is 19.7 Å². The normalized spacial score (nSPS) is 31.3. The fraction of sp³-hybridized carbons (Fsp3) is 0.483. The number of aromatic nitrogens is 1. The summed E-state index contributed by atoms with van der Waals surface area (Å²) >= 11 is 6.24. The maximum Gasteiger partial charge on any atom is 0.417 e. The van der Waals surface area contributed by atoms with Gasteiger partial charge in [0.05, 0.1) is 25.9 Å². The summed E-state index contributed by atoms with van der Waals surface area (Å²) in [5.41, 5.74) is -1.32. The number of para-hydroxylation sites is 1.